The fourth-order valence-corrected chi connectivity index (χ4v) is 1.49. The quantitative estimate of drug-likeness (QED) is 0.345. The van der Waals surface area contributed by atoms with Crippen LogP contribution in [-0.2, 0) is 4.79 Å². The Balaban J connectivity index is 3.14. The molecule has 0 saturated heterocycles. The van der Waals surface area contributed by atoms with E-state index in [0.29, 0.717) is 11.3 Å². The van der Waals surface area contributed by atoms with Gasteiger partial charge in [-0.15, -0.1) is 0 Å². The second-order valence-electron chi connectivity index (χ2n) is 4.12. The second kappa shape index (κ2) is 6.00. The first kappa shape index (κ1) is 14.0. The van der Waals surface area contributed by atoms with E-state index in [4.69, 9.17) is 4.74 Å². The van der Waals surface area contributed by atoms with Crippen LogP contribution in [-0.4, -0.2) is 37.7 Å². The first-order chi connectivity index (χ1) is 8.45. The van der Waals surface area contributed by atoms with Crippen molar-refractivity contribution in [1.29, 1.82) is 0 Å². The Morgan fingerprint density at radius 2 is 1.94 bits per heavy atom. The minimum Gasteiger partial charge on any atom is -0.497 e. The van der Waals surface area contributed by atoms with Crippen molar-refractivity contribution >= 4 is 11.6 Å². The molecule has 0 radical (unpaired) electrons. The summed E-state index contributed by atoms with van der Waals surface area (Å²) in [4.78, 5) is 25.4. The van der Waals surface area contributed by atoms with E-state index >= 15 is 0 Å². The van der Waals surface area contributed by atoms with E-state index < -0.39 is 0 Å². The predicted molar refractivity (Wildman–Crippen MR) is 69.8 cm³/mol. The zero-order chi connectivity index (χ0) is 13.7. The van der Waals surface area contributed by atoms with Crippen LogP contribution in [0.25, 0.3) is 0 Å². The first-order valence-electron chi connectivity index (χ1n) is 5.53. The van der Waals surface area contributed by atoms with Crippen LogP contribution in [0.3, 0.4) is 0 Å². The third-order valence-corrected chi connectivity index (χ3v) is 2.34. The monoisotopic (exact) mass is 247 g/mol. The number of benzene rings is 1. The van der Waals surface area contributed by atoms with Crippen molar-refractivity contribution in [2.45, 2.75) is 6.92 Å². The first-order valence-corrected chi connectivity index (χ1v) is 5.53. The maximum Gasteiger partial charge on any atom is 0.198 e. The van der Waals surface area contributed by atoms with Crippen LogP contribution in [0.1, 0.15) is 17.3 Å². The molecule has 0 amide bonds. The van der Waals surface area contributed by atoms with Gasteiger partial charge in [0.25, 0.3) is 0 Å². The van der Waals surface area contributed by atoms with Crippen LogP contribution in [0.15, 0.2) is 36.0 Å². The molecule has 0 unspecified atom stereocenters. The highest BCUT2D eigenvalue weighted by Gasteiger charge is 2.17. The van der Waals surface area contributed by atoms with E-state index in [1.165, 1.54) is 20.2 Å². The minimum absolute atomic E-state index is 0.160. The molecule has 96 valence electrons. The molecule has 1 rings (SSSR count). The zero-order valence-corrected chi connectivity index (χ0v) is 11.1. The third-order valence-electron chi connectivity index (χ3n) is 2.34. The lowest BCUT2D eigenvalue weighted by atomic mass is 10.0. The van der Waals surface area contributed by atoms with Crippen molar-refractivity contribution in [2.24, 2.45) is 0 Å². The maximum atomic E-state index is 12.2. The summed E-state index contributed by atoms with van der Waals surface area (Å²) in [6.07, 6.45) is 1.53. The Morgan fingerprint density at radius 1 is 1.28 bits per heavy atom. The average molecular weight is 247 g/mol. The van der Waals surface area contributed by atoms with Crippen molar-refractivity contribution in [3.63, 3.8) is 0 Å². The number of Topliss-reactive ketones (excluding diaryl/α,β-unsaturated/α-hetero) is 2. The van der Waals surface area contributed by atoms with E-state index in [1.807, 2.05) is 0 Å². The molecule has 18 heavy (non-hydrogen) atoms. The van der Waals surface area contributed by atoms with Gasteiger partial charge in [0.15, 0.2) is 11.6 Å². The molecule has 1 aromatic carbocycles. The normalized spacial score (nSPS) is 11.0. The van der Waals surface area contributed by atoms with E-state index in [2.05, 4.69) is 0 Å². The molecule has 0 aliphatic carbocycles. The molecule has 4 nitrogen and oxygen atoms in total. The molecule has 1 aromatic rings. The van der Waals surface area contributed by atoms with Crippen molar-refractivity contribution in [2.75, 3.05) is 21.2 Å². The number of carbonyl (C=O) groups is 2. The van der Waals surface area contributed by atoms with E-state index in [1.54, 1.807) is 43.3 Å². The van der Waals surface area contributed by atoms with Crippen LogP contribution >= 0.6 is 0 Å². The van der Waals surface area contributed by atoms with Crippen LogP contribution in [0.2, 0.25) is 0 Å². The number of methoxy groups -OCH3 is 1. The second-order valence-corrected chi connectivity index (χ2v) is 4.12. The highest BCUT2D eigenvalue weighted by atomic mass is 16.5. The van der Waals surface area contributed by atoms with Gasteiger partial charge in [-0.25, -0.2) is 0 Å². The Kier molecular flexibility index (Phi) is 4.66. The molecule has 0 spiro atoms. The Labute approximate surface area is 107 Å². The van der Waals surface area contributed by atoms with Gasteiger partial charge in [-0.05, 0) is 19.1 Å². The van der Waals surface area contributed by atoms with Gasteiger partial charge in [-0.1, -0.05) is 12.1 Å². The number of ketones is 2. The van der Waals surface area contributed by atoms with Gasteiger partial charge in [0.05, 0.1) is 12.7 Å². The molecule has 0 atom stereocenters. The SMILES string of the molecule is COc1cccc(C(=O)/C(=C/N(C)C)C(C)=O)c1. The molecule has 0 fully saturated rings. The molecule has 0 N–H and O–H groups in total. The maximum absolute atomic E-state index is 12.2. The number of nitrogens with zero attached hydrogens (tertiary/aromatic N) is 1. The topological polar surface area (TPSA) is 46.6 Å². The molecular weight excluding hydrogens is 230 g/mol. The summed E-state index contributed by atoms with van der Waals surface area (Å²) in [7, 11) is 5.06. The Morgan fingerprint density at radius 3 is 2.44 bits per heavy atom. The predicted octanol–water partition coefficient (Wildman–Crippen LogP) is 1.91. The number of rotatable bonds is 5. The summed E-state index contributed by atoms with van der Waals surface area (Å²) in [5, 5.41) is 0. The van der Waals surface area contributed by atoms with Crippen LogP contribution in [0.4, 0.5) is 0 Å². The largest absolute Gasteiger partial charge is 0.497 e. The highest BCUT2D eigenvalue weighted by Crippen LogP contribution is 2.16. The summed E-state index contributed by atoms with van der Waals surface area (Å²) < 4.78 is 5.06. The molecule has 0 saturated carbocycles. The van der Waals surface area contributed by atoms with Gasteiger partial charge in [0.1, 0.15) is 5.75 Å². The standard InChI is InChI=1S/C14H17NO3/c1-10(16)13(9-15(2)3)14(17)11-6-5-7-12(8-11)18-4/h5-9H,1-4H3/b13-9+. The van der Waals surface area contributed by atoms with Gasteiger partial charge in [-0.2, -0.15) is 0 Å². The Hall–Kier alpha value is -2.10. The van der Waals surface area contributed by atoms with Crippen LogP contribution < -0.4 is 4.74 Å². The molecule has 0 aliphatic heterocycles. The molecule has 4 heteroatoms. The third kappa shape index (κ3) is 3.45. The number of hydrogen-bond donors (Lipinski definition) is 0. The fourth-order valence-electron chi connectivity index (χ4n) is 1.49. The van der Waals surface area contributed by atoms with E-state index in [-0.39, 0.29) is 17.1 Å². The van der Waals surface area contributed by atoms with Crippen LogP contribution in [0.5, 0.6) is 5.75 Å². The smallest absolute Gasteiger partial charge is 0.198 e. The molecular formula is C14H17NO3. The van der Waals surface area contributed by atoms with E-state index in [0.717, 1.165) is 0 Å². The number of hydrogen-bond acceptors (Lipinski definition) is 4. The molecule has 0 bridgehead atoms. The van der Waals surface area contributed by atoms with Gasteiger partial charge < -0.3 is 9.64 Å². The highest BCUT2D eigenvalue weighted by molar-refractivity contribution is 6.25. The summed E-state index contributed by atoms with van der Waals surface area (Å²) in [6, 6.07) is 6.76. The van der Waals surface area contributed by atoms with Gasteiger partial charge in [0, 0.05) is 25.9 Å². The van der Waals surface area contributed by atoms with Crippen molar-refractivity contribution < 1.29 is 14.3 Å². The lowest BCUT2D eigenvalue weighted by molar-refractivity contribution is -0.113. The minimum atomic E-state index is -0.296. The number of ether oxygens (including phenoxy) is 1. The van der Waals surface area contributed by atoms with Crippen molar-refractivity contribution in [3.8, 4) is 5.75 Å². The fraction of sp³-hybridized carbons (Fsp3) is 0.286. The molecule has 0 aliphatic rings. The summed E-state index contributed by atoms with van der Waals surface area (Å²) in [5.74, 6) is 0.0419. The lowest BCUT2D eigenvalue weighted by Crippen LogP contribution is -2.15. The lowest BCUT2D eigenvalue weighted by Gasteiger charge is -2.09. The van der Waals surface area contributed by atoms with Gasteiger partial charge in [0.2, 0.25) is 0 Å². The molecule has 0 heterocycles. The summed E-state index contributed by atoms with van der Waals surface area (Å²) in [5.41, 5.74) is 0.603. The number of carbonyl (C=O) groups excluding carboxylic acids is 2. The van der Waals surface area contributed by atoms with Crippen LogP contribution in [0, 0.1) is 0 Å². The van der Waals surface area contributed by atoms with Crippen molar-refractivity contribution in [1.82, 2.24) is 4.90 Å². The summed E-state index contributed by atoms with van der Waals surface area (Å²) in [6.45, 7) is 1.38. The molecule has 0 aromatic heterocycles. The number of allylic oxidation sites excluding steroid dienone is 1. The Bertz CT molecular complexity index is 490. The van der Waals surface area contributed by atoms with Crippen molar-refractivity contribution in [3.05, 3.63) is 41.6 Å². The summed E-state index contributed by atoms with van der Waals surface area (Å²) >= 11 is 0. The average Bonchev–Trinajstić information content (AvgIpc) is 2.34. The van der Waals surface area contributed by atoms with Gasteiger partial charge >= 0.3 is 0 Å². The zero-order valence-electron chi connectivity index (χ0n) is 11.1. The van der Waals surface area contributed by atoms with E-state index in [9.17, 15) is 9.59 Å². The van der Waals surface area contributed by atoms with Gasteiger partial charge in [-0.3, -0.25) is 9.59 Å².